The largest absolute Gasteiger partial charge is 0.467 e. The Morgan fingerprint density at radius 3 is 2.36 bits per heavy atom. The van der Waals surface area contributed by atoms with Crippen LogP contribution >= 0.6 is 0 Å². The average Bonchev–Trinajstić information content (AvgIpc) is 2.04. The predicted octanol–water partition coefficient (Wildman–Crippen LogP) is 0.855. The van der Waals surface area contributed by atoms with Gasteiger partial charge < -0.3 is 9.84 Å². The fourth-order valence-electron chi connectivity index (χ4n) is 1.53. The fourth-order valence-corrected chi connectivity index (χ4v) is 1.53. The highest BCUT2D eigenvalue weighted by Gasteiger charge is 2.37. The van der Waals surface area contributed by atoms with Crippen LogP contribution in [0.15, 0.2) is 0 Å². The molecular formula is C8H14O3. The minimum atomic E-state index is -1.17. The van der Waals surface area contributed by atoms with Gasteiger partial charge in [-0.05, 0) is 25.7 Å². The summed E-state index contributed by atoms with van der Waals surface area (Å²) in [6, 6.07) is 0. The first-order valence-corrected chi connectivity index (χ1v) is 4.00. The Morgan fingerprint density at radius 1 is 1.36 bits per heavy atom. The summed E-state index contributed by atoms with van der Waals surface area (Å²) in [7, 11) is 1.31. The van der Waals surface area contributed by atoms with Gasteiger partial charge in [0.05, 0.1) is 7.11 Å². The van der Waals surface area contributed by atoms with Crippen LogP contribution < -0.4 is 0 Å². The molecule has 0 aromatic carbocycles. The van der Waals surface area contributed by atoms with Crippen LogP contribution in [0.4, 0.5) is 0 Å². The number of hydrogen-bond donors (Lipinski definition) is 1. The molecule has 0 saturated heterocycles. The standard InChI is InChI=1S/C8H14O3/c1-11-7(9)8(10)5-3-2-4-6-8/h10H,2-6H2,1H3. The van der Waals surface area contributed by atoms with Crippen molar-refractivity contribution in [2.75, 3.05) is 7.11 Å². The summed E-state index contributed by atoms with van der Waals surface area (Å²) in [4.78, 5) is 11.0. The van der Waals surface area contributed by atoms with Crippen molar-refractivity contribution in [1.29, 1.82) is 0 Å². The van der Waals surface area contributed by atoms with Crippen LogP contribution in [0.25, 0.3) is 0 Å². The summed E-state index contributed by atoms with van der Waals surface area (Å²) in [5.74, 6) is -0.475. The quantitative estimate of drug-likeness (QED) is 0.575. The van der Waals surface area contributed by atoms with Gasteiger partial charge in [0.2, 0.25) is 0 Å². The molecule has 0 bridgehead atoms. The Morgan fingerprint density at radius 2 is 1.91 bits per heavy atom. The molecule has 1 rings (SSSR count). The Balaban J connectivity index is 2.56. The summed E-state index contributed by atoms with van der Waals surface area (Å²) in [6.07, 6.45) is 4.07. The van der Waals surface area contributed by atoms with Gasteiger partial charge in [-0.2, -0.15) is 0 Å². The maximum Gasteiger partial charge on any atom is 0.337 e. The van der Waals surface area contributed by atoms with Crippen molar-refractivity contribution in [2.45, 2.75) is 37.7 Å². The summed E-state index contributed by atoms with van der Waals surface area (Å²) < 4.78 is 4.50. The lowest BCUT2D eigenvalue weighted by atomic mass is 9.85. The first-order valence-electron chi connectivity index (χ1n) is 4.00. The molecule has 0 radical (unpaired) electrons. The maximum atomic E-state index is 11.0. The minimum absolute atomic E-state index is 0.475. The van der Waals surface area contributed by atoms with Crippen LogP contribution in [0.2, 0.25) is 0 Å². The number of ether oxygens (including phenoxy) is 1. The van der Waals surface area contributed by atoms with E-state index in [0.29, 0.717) is 12.8 Å². The molecule has 0 atom stereocenters. The molecule has 0 aromatic heterocycles. The minimum Gasteiger partial charge on any atom is -0.467 e. The number of carbonyl (C=O) groups is 1. The smallest absolute Gasteiger partial charge is 0.337 e. The van der Waals surface area contributed by atoms with Gasteiger partial charge in [-0.3, -0.25) is 0 Å². The third-order valence-corrected chi connectivity index (χ3v) is 2.25. The zero-order chi connectivity index (χ0) is 8.32. The molecule has 0 spiro atoms. The van der Waals surface area contributed by atoms with E-state index in [4.69, 9.17) is 0 Å². The number of rotatable bonds is 1. The number of aliphatic hydroxyl groups is 1. The van der Waals surface area contributed by atoms with E-state index in [1.165, 1.54) is 7.11 Å². The Kier molecular flexibility index (Phi) is 2.49. The van der Waals surface area contributed by atoms with E-state index < -0.39 is 11.6 Å². The lowest BCUT2D eigenvalue weighted by Gasteiger charge is -2.28. The summed E-state index contributed by atoms with van der Waals surface area (Å²) >= 11 is 0. The van der Waals surface area contributed by atoms with Crippen molar-refractivity contribution < 1.29 is 14.6 Å². The van der Waals surface area contributed by atoms with E-state index in [2.05, 4.69) is 4.74 Å². The SMILES string of the molecule is COC(=O)C1(O)CCCCC1. The van der Waals surface area contributed by atoms with E-state index >= 15 is 0 Å². The first-order chi connectivity index (χ1) is 5.19. The van der Waals surface area contributed by atoms with Crippen molar-refractivity contribution in [2.24, 2.45) is 0 Å². The van der Waals surface area contributed by atoms with E-state index in [1.807, 2.05) is 0 Å². The fraction of sp³-hybridized carbons (Fsp3) is 0.875. The third kappa shape index (κ3) is 1.71. The van der Waals surface area contributed by atoms with Crippen molar-refractivity contribution in [1.82, 2.24) is 0 Å². The van der Waals surface area contributed by atoms with Gasteiger partial charge in [-0.15, -0.1) is 0 Å². The summed E-state index contributed by atoms with van der Waals surface area (Å²) in [6.45, 7) is 0. The molecule has 1 N–H and O–H groups in total. The zero-order valence-electron chi connectivity index (χ0n) is 6.80. The van der Waals surface area contributed by atoms with Crippen LogP contribution in [-0.2, 0) is 9.53 Å². The Labute approximate surface area is 66.4 Å². The Bertz CT molecular complexity index is 147. The van der Waals surface area contributed by atoms with Crippen molar-refractivity contribution >= 4 is 5.97 Å². The van der Waals surface area contributed by atoms with Gasteiger partial charge in [-0.1, -0.05) is 6.42 Å². The molecule has 11 heavy (non-hydrogen) atoms. The molecule has 1 aliphatic rings. The highest BCUT2D eigenvalue weighted by Crippen LogP contribution is 2.28. The molecule has 0 heterocycles. The molecule has 1 aliphatic carbocycles. The molecule has 0 unspecified atom stereocenters. The summed E-state index contributed by atoms with van der Waals surface area (Å²) in [5, 5.41) is 9.67. The molecule has 1 fully saturated rings. The highest BCUT2D eigenvalue weighted by atomic mass is 16.5. The molecule has 3 heteroatoms. The van der Waals surface area contributed by atoms with Gasteiger partial charge in [0.1, 0.15) is 0 Å². The second-order valence-corrected chi connectivity index (χ2v) is 3.08. The lowest BCUT2D eigenvalue weighted by Crippen LogP contribution is -2.41. The number of methoxy groups -OCH3 is 1. The van der Waals surface area contributed by atoms with E-state index in [-0.39, 0.29) is 0 Å². The lowest BCUT2D eigenvalue weighted by molar-refractivity contribution is -0.165. The molecule has 0 amide bonds. The number of hydrogen-bond acceptors (Lipinski definition) is 3. The molecule has 1 saturated carbocycles. The van der Waals surface area contributed by atoms with E-state index in [1.54, 1.807) is 0 Å². The highest BCUT2D eigenvalue weighted by molar-refractivity contribution is 5.79. The monoisotopic (exact) mass is 158 g/mol. The van der Waals surface area contributed by atoms with Crippen LogP contribution in [0, 0.1) is 0 Å². The van der Waals surface area contributed by atoms with Gasteiger partial charge in [0, 0.05) is 0 Å². The first kappa shape index (κ1) is 8.53. The Hall–Kier alpha value is -0.570. The van der Waals surface area contributed by atoms with Crippen LogP contribution in [0.3, 0.4) is 0 Å². The van der Waals surface area contributed by atoms with E-state index in [9.17, 15) is 9.90 Å². The van der Waals surface area contributed by atoms with Crippen LogP contribution in [0.5, 0.6) is 0 Å². The number of carbonyl (C=O) groups excluding carboxylic acids is 1. The molecule has 0 aliphatic heterocycles. The van der Waals surface area contributed by atoms with Crippen molar-refractivity contribution in [3.8, 4) is 0 Å². The maximum absolute atomic E-state index is 11.0. The van der Waals surface area contributed by atoms with Crippen LogP contribution in [0.1, 0.15) is 32.1 Å². The van der Waals surface area contributed by atoms with Gasteiger partial charge in [-0.25, -0.2) is 4.79 Å². The average molecular weight is 158 g/mol. The summed E-state index contributed by atoms with van der Waals surface area (Å²) in [5.41, 5.74) is -1.17. The molecular weight excluding hydrogens is 144 g/mol. The van der Waals surface area contributed by atoms with Gasteiger partial charge in [0.15, 0.2) is 5.60 Å². The molecule has 0 aromatic rings. The van der Waals surface area contributed by atoms with Gasteiger partial charge in [0.25, 0.3) is 0 Å². The zero-order valence-corrected chi connectivity index (χ0v) is 6.80. The topological polar surface area (TPSA) is 46.5 Å². The van der Waals surface area contributed by atoms with Crippen LogP contribution in [-0.4, -0.2) is 23.8 Å². The third-order valence-electron chi connectivity index (χ3n) is 2.25. The van der Waals surface area contributed by atoms with Crippen molar-refractivity contribution in [3.05, 3.63) is 0 Å². The van der Waals surface area contributed by atoms with Gasteiger partial charge >= 0.3 is 5.97 Å². The molecule has 3 nitrogen and oxygen atoms in total. The normalized spacial score (nSPS) is 22.7. The van der Waals surface area contributed by atoms with E-state index in [0.717, 1.165) is 19.3 Å². The second-order valence-electron chi connectivity index (χ2n) is 3.08. The van der Waals surface area contributed by atoms with Crippen molar-refractivity contribution in [3.63, 3.8) is 0 Å². The predicted molar refractivity (Wildman–Crippen MR) is 40.1 cm³/mol. The second kappa shape index (κ2) is 3.22. The molecule has 64 valence electrons. The number of esters is 1.